The Morgan fingerprint density at radius 3 is 2.80 bits per heavy atom. The summed E-state index contributed by atoms with van der Waals surface area (Å²) in [6, 6.07) is 5.39. The van der Waals surface area contributed by atoms with Crippen molar-refractivity contribution < 1.29 is 14.7 Å². The molecular formula is C15H20N2O3. The van der Waals surface area contributed by atoms with Crippen LogP contribution in [-0.2, 0) is 11.2 Å². The zero-order valence-corrected chi connectivity index (χ0v) is 12.1. The highest BCUT2D eigenvalue weighted by atomic mass is 16.3. The highest BCUT2D eigenvalue weighted by molar-refractivity contribution is 5.98. The third kappa shape index (κ3) is 2.82. The largest absolute Gasteiger partial charge is 0.392 e. The van der Waals surface area contributed by atoms with Crippen LogP contribution in [0.4, 0.5) is 5.69 Å². The highest BCUT2D eigenvalue weighted by Crippen LogP contribution is 2.27. The van der Waals surface area contributed by atoms with Crippen LogP contribution < -0.4 is 4.90 Å². The SMILES string of the molecule is CC(O)CN(C)C(=O)c1ccc2c(c1)CCC(=O)N2C. The summed E-state index contributed by atoms with van der Waals surface area (Å²) in [6.45, 7) is 1.95. The number of aryl methyl sites for hydroxylation is 1. The van der Waals surface area contributed by atoms with Gasteiger partial charge in [-0.25, -0.2) is 0 Å². The van der Waals surface area contributed by atoms with Gasteiger partial charge in [0.15, 0.2) is 0 Å². The van der Waals surface area contributed by atoms with Crippen LogP contribution in [0.1, 0.15) is 29.3 Å². The molecule has 0 saturated heterocycles. The molecule has 0 bridgehead atoms. The fourth-order valence-electron chi connectivity index (χ4n) is 2.49. The van der Waals surface area contributed by atoms with E-state index in [9.17, 15) is 14.7 Å². The van der Waals surface area contributed by atoms with Crippen LogP contribution in [0.3, 0.4) is 0 Å². The second-order valence-electron chi connectivity index (χ2n) is 5.33. The maximum atomic E-state index is 12.2. The first-order valence-corrected chi connectivity index (χ1v) is 6.73. The number of carbonyl (C=O) groups is 2. The second kappa shape index (κ2) is 5.63. The summed E-state index contributed by atoms with van der Waals surface area (Å²) in [5, 5.41) is 9.34. The highest BCUT2D eigenvalue weighted by Gasteiger charge is 2.22. The Bertz CT molecular complexity index is 540. The molecule has 1 aliphatic rings. The Morgan fingerprint density at radius 1 is 1.45 bits per heavy atom. The van der Waals surface area contributed by atoms with Crippen molar-refractivity contribution in [3.8, 4) is 0 Å². The molecule has 0 radical (unpaired) electrons. The molecule has 5 heteroatoms. The summed E-state index contributed by atoms with van der Waals surface area (Å²) in [4.78, 5) is 27.0. The second-order valence-corrected chi connectivity index (χ2v) is 5.33. The molecule has 2 amide bonds. The van der Waals surface area contributed by atoms with E-state index in [0.29, 0.717) is 24.9 Å². The van der Waals surface area contributed by atoms with E-state index in [0.717, 1.165) is 11.3 Å². The molecule has 1 heterocycles. The van der Waals surface area contributed by atoms with Gasteiger partial charge in [0, 0.05) is 38.3 Å². The van der Waals surface area contributed by atoms with Crippen LogP contribution in [0.25, 0.3) is 0 Å². The van der Waals surface area contributed by atoms with E-state index in [4.69, 9.17) is 0 Å². The lowest BCUT2D eigenvalue weighted by Gasteiger charge is -2.26. The molecule has 108 valence electrons. The molecule has 0 aliphatic carbocycles. The van der Waals surface area contributed by atoms with Gasteiger partial charge in [0.05, 0.1) is 6.10 Å². The molecule has 5 nitrogen and oxygen atoms in total. The predicted octanol–water partition coefficient (Wildman–Crippen LogP) is 1.05. The smallest absolute Gasteiger partial charge is 0.253 e. The van der Waals surface area contributed by atoms with E-state index in [1.54, 1.807) is 32.0 Å². The number of fused-ring (bicyclic) bond motifs is 1. The lowest BCUT2D eigenvalue weighted by atomic mass is 9.99. The molecule has 1 N–H and O–H groups in total. The molecular weight excluding hydrogens is 256 g/mol. The van der Waals surface area contributed by atoms with Gasteiger partial charge in [-0.3, -0.25) is 9.59 Å². The van der Waals surface area contributed by atoms with Crippen molar-refractivity contribution in [3.05, 3.63) is 29.3 Å². The van der Waals surface area contributed by atoms with Gasteiger partial charge in [-0.2, -0.15) is 0 Å². The number of aliphatic hydroxyl groups is 1. The van der Waals surface area contributed by atoms with Crippen molar-refractivity contribution in [1.82, 2.24) is 4.90 Å². The van der Waals surface area contributed by atoms with E-state index in [-0.39, 0.29) is 11.8 Å². The molecule has 0 aromatic heterocycles. The first-order chi connectivity index (χ1) is 9.40. The number of nitrogens with zero attached hydrogens (tertiary/aromatic N) is 2. The van der Waals surface area contributed by atoms with E-state index in [1.165, 1.54) is 4.90 Å². The zero-order chi connectivity index (χ0) is 14.9. The quantitative estimate of drug-likeness (QED) is 0.897. The predicted molar refractivity (Wildman–Crippen MR) is 76.8 cm³/mol. The van der Waals surface area contributed by atoms with Crippen LogP contribution in [0.2, 0.25) is 0 Å². The molecule has 2 rings (SSSR count). The zero-order valence-electron chi connectivity index (χ0n) is 12.1. The monoisotopic (exact) mass is 276 g/mol. The summed E-state index contributed by atoms with van der Waals surface area (Å²) in [5.41, 5.74) is 2.48. The van der Waals surface area contributed by atoms with Crippen LogP contribution in [-0.4, -0.2) is 48.6 Å². The molecule has 1 aromatic carbocycles. The fraction of sp³-hybridized carbons (Fsp3) is 0.467. The van der Waals surface area contributed by atoms with Crippen molar-refractivity contribution in [1.29, 1.82) is 0 Å². The van der Waals surface area contributed by atoms with E-state index in [2.05, 4.69) is 0 Å². The number of benzene rings is 1. The van der Waals surface area contributed by atoms with Crippen LogP contribution in [0.5, 0.6) is 0 Å². The fourth-order valence-corrected chi connectivity index (χ4v) is 2.49. The Hall–Kier alpha value is -1.88. The molecule has 0 saturated carbocycles. The Balaban J connectivity index is 2.23. The number of hydrogen-bond donors (Lipinski definition) is 1. The van der Waals surface area contributed by atoms with Gasteiger partial charge < -0.3 is 14.9 Å². The summed E-state index contributed by atoms with van der Waals surface area (Å²) in [5.74, 6) is -0.0175. The molecule has 1 unspecified atom stereocenters. The van der Waals surface area contributed by atoms with E-state index < -0.39 is 6.10 Å². The third-order valence-electron chi connectivity index (χ3n) is 3.55. The normalized spacial score (nSPS) is 15.8. The third-order valence-corrected chi connectivity index (χ3v) is 3.55. The summed E-state index contributed by atoms with van der Waals surface area (Å²) in [7, 11) is 3.42. The van der Waals surface area contributed by atoms with Gasteiger partial charge in [-0.1, -0.05) is 0 Å². The van der Waals surface area contributed by atoms with Crippen LogP contribution >= 0.6 is 0 Å². The van der Waals surface area contributed by atoms with Gasteiger partial charge in [0.1, 0.15) is 0 Å². The number of carbonyl (C=O) groups excluding carboxylic acids is 2. The average Bonchev–Trinajstić information content (AvgIpc) is 2.41. The van der Waals surface area contributed by atoms with Crippen molar-refractivity contribution in [2.24, 2.45) is 0 Å². The van der Waals surface area contributed by atoms with Crippen molar-refractivity contribution >= 4 is 17.5 Å². The minimum absolute atomic E-state index is 0.0998. The number of rotatable bonds is 3. The number of amides is 2. The van der Waals surface area contributed by atoms with Gasteiger partial charge in [-0.05, 0) is 37.1 Å². The summed E-state index contributed by atoms with van der Waals surface area (Å²) >= 11 is 0. The average molecular weight is 276 g/mol. The van der Waals surface area contributed by atoms with Crippen molar-refractivity contribution in [2.75, 3.05) is 25.5 Å². The van der Waals surface area contributed by atoms with Crippen molar-refractivity contribution in [2.45, 2.75) is 25.9 Å². The molecule has 1 aromatic rings. The maximum Gasteiger partial charge on any atom is 0.253 e. The Kier molecular flexibility index (Phi) is 4.09. The first kappa shape index (κ1) is 14.5. The Morgan fingerprint density at radius 2 is 2.15 bits per heavy atom. The number of anilines is 1. The Labute approximate surface area is 118 Å². The van der Waals surface area contributed by atoms with Crippen molar-refractivity contribution in [3.63, 3.8) is 0 Å². The maximum absolute atomic E-state index is 12.2. The minimum Gasteiger partial charge on any atom is -0.392 e. The molecule has 1 aliphatic heterocycles. The summed E-state index contributed by atoms with van der Waals surface area (Å²) < 4.78 is 0. The first-order valence-electron chi connectivity index (χ1n) is 6.73. The van der Waals surface area contributed by atoms with E-state index >= 15 is 0 Å². The van der Waals surface area contributed by atoms with Gasteiger partial charge in [0.2, 0.25) is 5.91 Å². The molecule has 0 fully saturated rings. The molecule has 0 spiro atoms. The molecule has 20 heavy (non-hydrogen) atoms. The van der Waals surface area contributed by atoms with Gasteiger partial charge in [-0.15, -0.1) is 0 Å². The van der Waals surface area contributed by atoms with Gasteiger partial charge >= 0.3 is 0 Å². The lowest BCUT2D eigenvalue weighted by Crippen LogP contribution is -2.34. The summed E-state index contributed by atoms with van der Waals surface area (Å²) in [6.07, 6.45) is 0.593. The van der Waals surface area contributed by atoms with Gasteiger partial charge in [0.25, 0.3) is 5.91 Å². The van der Waals surface area contributed by atoms with E-state index in [1.807, 2.05) is 12.1 Å². The number of likely N-dealkylation sites (N-methyl/N-ethyl adjacent to an activating group) is 1. The standard InChI is InChI=1S/C15H20N2O3/c1-10(18)9-16(2)15(20)12-4-6-13-11(8-12)5-7-14(19)17(13)3/h4,6,8,10,18H,5,7,9H2,1-3H3. The lowest BCUT2D eigenvalue weighted by molar-refractivity contribution is -0.118. The van der Waals surface area contributed by atoms with Crippen LogP contribution in [0.15, 0.2) is 18.2 Å². The minimum atomic E-state index is -0.551. The van der Waals surface area contributed by atoms with Crippen LogP contribution in [0, 0.1) is 0 Å². The number of aliphatic hydroxyl groups excluding tert-OH is 1. The topological polar surface area (TPSA) is 60.9 Å². The molecule has 1 atom stereocenters. The number of hydrogen-bond acceptors (Lipinski definition) is 3.